The lowest BCUT2D eigenvalue weighted by Gasteiger charge is -2.15. The van der Waals surface area contributed by atoms with Gasteiger partial charge in [0.25, 0.3) is 5.91 Å². The van der Waals surface area contributed by atoms with Crippen LogP contribution in [0.3, 0.4) is 0 Å². The Hall–Kier alpha value is -2.24. The molecule has 1 amide bonds. The predicted molar refractivity (Wildman–Crippen MR) is 74.2 cm³/mol. The third-order valence-electron chi connectivity index (χ3n) is 2.89. The molecule has 0 aliphatic heterocycles. The molecule has 0 fully saturated rings. The van der Waals surface area contributed by atoms with Crippen LogP contribution in [0.15, 0.2) is 24.3 Å². The van der Waals surface area contributed by atoms with E-state index in [0.29, 0.717) is 11.5 Å². The molecule has 2 aromatic rings. The van der Waals surface area contributed by atoms with Gasteiger partial charge in [0.1, 0.15) is 11.6 Å². The van der Waals surface area contributed by atoms with E-state index in [2.05, 4.69) is 15.2 Å². The number of halogens is 1. The summed E-state index contributed by atoms with van der Waals surface area (Å²) in [6, 6.07) is 5.81. The lowest BCUT2D eigenvalue weighted by atomic mass is 9.96. The first-order valence-corrected chi connectivity index (χ1v) is 6.25. The predicted octanol–water partition coefficient (Wildman–Crippen LogP) is 2.52. The molecular formula is C14H17FN4O. The maximum absolute atomic E-state index is 13.2. The van der Waals surface area contributed by atoms with Crippen molar-refractivity contribution in [1.82, 2.24) is 15.2 Å². The second kappa shape index (κ2) is 5.03. The number of H-pyrrole nitrogens is 1. The third-order valence-corrected chi connectivity index (χ3v) is 2.89. The molecule has 0 aliphatic carbocycles. The number of amides is 1. The number of rotatable bonds is 2. The number of carbonyl (C=O) groups excluding carboxylic acids is 1. The summed E-state index contributed by atoms with van der Waals surface area (Å²) in [5.74, 6) is -0.0787. The van der Waals surface area contributed by atoms with Gasteiger partial charge in [0, 0.05) is 18.2 Å². The molecule has 20 heavy (non-hydrogen) atoms. The van der Waals surface area contributed by atoms with Crippen LogP contribution in [-0.2, 0) is 5.41 Å². The molecule has 5 nitrogen and oxygen atoms in total. The third kappa shape index (κ3) is 2.84. The van der Waals surface area contributed by atoms with Crippen molar-refractivity contribution < 1.29 is 9.18 Å². The molecule has 1 aromatic carbocycles. The van der Waals surface area contributed by atoms with Gasteiger partial charge in [-0.15, -0.1) is 5.10 Å². The molecule has 0 saturated carbocycles. The van der Waals surface area contributed by atoms with Crippen molar-refractivity contribution in [3.05, 3.63) is 41.7 Å². The first-order chi connectivity index (χ1) is 9.29. The fourth-order valence-electron chi connectivity index (χ4n) is 1.64. The molecule has 2 rings (SSSR count). The van der Waals surface area contributed by atoms with Crippen molar-refractivity contribution in [2.45, 2.75) is 26.2 Å². The monoisotopic (exact) mass is 276 g/mol. The minimum absolute atomic E-state index is 0.0710. The van der Waals surface area contributed by atoms with Gasteiger partial charge in [-0.05, 0) is 18.2 Å². The summed E-state index contributed by atoms with van der Waals surface area (Å²) in [6.45, 7) is 5.91. The van der Waals surface area contributed by atoms with Crippen LogP contribution in [0, 0.1) is 5.82 Å². The standard InChI is InChI=1S/C14H17FN4O/c1-14(2,3)13-16-11(17-18-13)12(20)19(4)10-7-5-6-9(15)8-10/h5-8H,1-4H3,(H,16,17,18). The molecule has 0 atom stereocenters. The van der Waals surface area contributed by atoms with Crippen molar-refractivity contribution in [3.63, 3.8) is 0 Å². The quantitative estimate of drug-likeness (QED) is 0.916. The fraction of sp³-hybridized carbons (Fsp3) is 0.357. The molecule has 0 saturated heterocycles. The molecule has 1 N–H and O–H groups in total. The van der Waals surface area contributed by atoms with Crippen LogP contribution in [0.4, 0.5) is 10.1 Å². The molecule has 0 unspecified atom stereocenters. The number of nitrogens with one attached hydrogen (secondary N) is 1. The van der Waals surface area contributed by atoms with Crippen LogP contribution in [0.2, 0.25) is 0 Å². The van der Waals surface area contributed by atoms with E-state index in [0.717, 1.165) is 0 Å². The molecule has 0 aliphatic rings. The normalized spacial score (nSPS) is 11.4. The Balaban J connectivity index is 2.25. The fourth-order valence-corrected chi connectivity index (χ4v) is 1.64. The SMILES string of the molecule is CN(C(=O)c1n[nH]c(C(C)(C)C)n1)c1cccc(F)c1. The second-order valence-electron chi connectivity index (χ2n) is 5.60. The average molecular weight is 276 g/mol. The van der Waals surface area contributed by atoms with E-state index in [1.54, 1.807) is 19.2 Å². The Labute approximate surface area is 116 Å². The maximum Gasteiger partial charge on any atom is 0.297 e. The number of nitrogens with zero attached hydrogens (tertiary/aromatic N) is 3. The summed E-state index contributed by atoms with van der Waals surface area (Å²) in [5.41, 5.74) is 0.236. The lowest BCUT2D eigenvalue weighted by molar-refractivity contribution is 0.0983. The number of aromatic nitrogens is 3. The van der Waals surface area contributed by atoms with E-state index >= 15 is 0 Å². The Morgan fingerprint density at radius 2 is 2.05 bits per heavy atom. The highest BCUT2D eigenvalue weighted by Crippen LogP contribution is 2.19. The van der Waals surface area contributed by atoms with Gasteiger partial charge in [-0.3, -0.25) is 9.89 Å². The molecule has 0 bridgehead atoms. The van der Waals surface area contributed by atoms with Gasteiger partial charge < -0.3 is 4.90 Å². The minimum Gasteiger partial charge on any atom is -0.309 e. The van der Waals surface area contributed by atoms with Crippen LogP contribution in [0.1, 0.15) is 37.2 Å². The largest absolute Gasteiger partial charge is 0.309 e. The lowest BCUT2D eigenvalue weighted by Crippen LogP contribution is -2.27. The molecule has 0 spiro atoms. The Morgan fingerprint density at radius 3 is 2.60 bits per heavy atom. The van der Waals surface area contributed by atoms with Gasteiger partial charge in [-0.25, -0.2) is 9.37 Å². The van der Waals surface area contributed by atoms with Gasteiger partial charge in [0.05, 0.1) is 0 Å². The number of aromatic amines is 1. The van der Waals surface area contributed by atoms with Crippen LogP contribution in [0.5, 0.6) is 0 Å². The molecular weight excluding hydrogens is 259 g/mol. The molecule has 106 valence electrons. The highest BCUT2D eigenvalue weighted by molar-refractivity contribution is 6.03. The van der Waals surface area contributed by atoms with E-state index in [4.69, 9.17) is 0 Å². The summed E-state index contributed by atoms with van der Waals surface area (Å²) in [5, 5.41) is 6.69. The molecule has 1 heterocycles. The van der Waals surface area contributed by atoms with E-state index in [1.807, 2.05) is 20.8 Å². The summed E-state index contributed by atoms with van der Waals surface area (Å²) in [7, 11) is 1.56. The first kappa shape index (κ1) is 14.2. The summed E-state index contributed by atoms with van der Waals surface area (Å²) < 4.78 is 13.2. The number of carbonyl (C=O) groups is 1. The summed E-state index contributed by atoms with van der Waals surface area (Å²) >= 11 is 0. The van der Waals surface area contributed by atoms with Crippen molar-refractivity contribution in [2.24, 2.45) is 0 Å². The van der Waals surface area contributed by atoms with Gasteiger partial charge in [-0.1, -0.05) is 26.8 Å². The van der Waals surface area contributed by atoms with E-state index in [9.17, 15) is 9.18 Å². The van der Waals surface area contributed by atoms with Crippen LogP contribution in [0.25, 0.3) is 0 Å². The molecule has 6 heteroatoms. The minimum atomic E-state index is -0.396. The van der Waals surface area contributed by atoms with Crippen LogP contribution in [-0.4, -0.2) is 28.1 Å². The number of benzene rings is 1. The van der Waals surface area contributed by atoms with Crippen molar-refractivity contribution in [3.8, 4) is 0 Å². The van der Waals surface area contributed by atoms with E-state index in [-0.39, 0.29) is 17.1 Å². The Morgan fingerprint density at radius 1 is 1.35 bits per heavy atom. The van der Waals surface area contributed by atoms with Gasteiger partial charge in [-0.2, -0.15) is 0 Å². The smallest absolute Gasteiger partial charge is 0.297 e. The average Bonchev–Trinajstić information content (AvgIpc) is 2.86. The zero-order chi connectivity index (χ0) is 14.9. The topological polar surface area (TPSA) is 61.9 Å². The Bertz CT molecular complexity index is 630. The van der Waals surface area contributed by atoms with Crippen LogP contribution >= 0.6 is 0 Å². The zero-order valence-electron chi connectivity index (χ0n) is 11.9. The Kier molecular flexibility index (Phi) is 3.57. The number of anilines is 1. The van der Waals surface area contributed by atoms with Gasteiger partial charge in [0.15, 0.2) is 0 Å². The highest BCUT2D eigenvalue weighted by atomic mass is 19.1. The number of hydrogen-bond acceptors (Lipinski definition) is 3. The number of hydrogen-bond donors (Lipinski definition) is 1. The summed E-state index contributed by atoms with van der Waals surface area (Å²) in [6.07, 6.45) is 0. The zero-order valence-corrected chi connectivity index (χ0v) is 11.9. The van der Waals surface area contributed by atoms with Gasteiger partial charge in [0.2, 0.25) is 5.82 Å². The van der Waals surface area contributed by atoms with Crippen LogP contribution < -0.4 is 4.90 Å². The van der Waals surface area contributed by atoms with Crippen molar-refractivity contribution in [2.75, 3.05) is 11.9 Å². The first-order valence-electron chi connectivity index (χ1n) is 6.25. The highest BCUT2D eigenvalue weighted by Gasteiger charge is 2.23. The van der Waals surface area contributed by atoms with Gasteiger partial charge >= 0.3 is 0 Å². The second-order valence-corrected chi connectivity index (χ2v) is 5.60. The maximum atomic E-state index is 13.2. The van der Waals surface area contributed by atoms with E-state index in [1.165, 1.54) is 17.0 Å². The van der Waals surface area contributed by atoms with Crippen molar-refractivity contribution >= 4 is 11.6 Å². The van der Waals surface area contributed by atoms with Crippen molar-refractivity contribution in [1.29, 1.82) is 0 Å². The summed E-state index contributed by atoms with van der Waals surface area (Å²) in [4.78, 5) is 17.8. The molecule has 0 radical (unpaired) electrons. The van der Waals surface area contributed by atoms with E-state index < -0.39 is 5.82 Å². The molecule has 1 aromatic heterocycles.